The first kappa shape index (κ1) is 16.5. The van der Waals surface area contributed by atoms with Crippen molar-refractivity contribution < 1.29 is 24.1 Å². The molecule has 122 valence electrons. The molecule has 2 rings (SSSR count). The van der Waals surface area contributed by atoms with Crippen LogP contribution in [0.5, 0.6) is 0 Å². The van der Waals surface area contributed by atoms with E-state index in [1.165, 1.54) is 0 Å². The van der Waals surface area contributed by atoms with Gasteiger partial charge in [0.15, 0.2) is 5.79 Å². The molecular formula is C15H27NO5. The molecule has 21 heavy (non-hydrogen) atoms. The van der Waals surface area contributed by atoms with Gasteiger partial charge in [-0.2, -0.15) is 0 Å². The van der Waals surface area contributed by atoms with Gasteiger partial charge in [0.1, 0.15) is 11.1 Å². The number of hydrogen-bond acceptors (Lipinski definition) is 5. The average Bonchev–Trinajstić information content (AvgIpc) is 2.28. The van der Waals surface area contributed by atoms with Crippen LogP contribution in [0.3, 0.4) is 0 Å². The predicted octanol–water partition coefficient (Wildman–Crippen LogP) is 1.95. The van der Waals surface area contributed by atoms with Crippen molar-refractivity contribution in [3.05, 3.63) is 0 Å². The monoisotopic (exact) mass is 301 g/mol. The zero-order valence-corrected chi connectivity index (χ0v) is 13.6. The van der Waals surface area contributed by atoms with E-state index in [4.69, 9.17) is 14.2 Å². The molecule has 0 aromatic carbocycles. The number of rotatable bonds is 1. The highest BCUT2D eigenvalue weighted by Gasteiger charge is 2.55. The molecule has 6 heteroatoms. The number of nitrogens with one attached hydrogen (secondary N) is 1. The Hall–Kier alpha value is -0.850. The summed E-state index contributed by atoms with van der Waals surface area (Å²) in [4.78, 5) is 12.1. The van der Waals surface area contributed by atoms with Crippen molar-refractivity contribution in [2.24, 2.45) is 0 Å². The van der Waals surface area contributed by atoms with Gasteiger partial charge in [-0.15, -0.1) is 0 Å². The summed E-state index contributed by atoms with van der Waals surface area (Å²) in [6.07, 6.45) is 0.705. The molecule has 2 unspecified atom stereocenters. The van der Waals surface area contributed by atoms with E-state index < -0.39 is 29.1 Å². The standard InChI is InChI=1S/C15H27NO5/c1-13(2,3)21-12(18)16-15-9-19-14(4,5)20-11(15)8-6-7-10(15)17/h10-11,17H,6-9H2,1-5H3,(H,16,18)/t10?,11?,15-/m1/s1. The molecule has 0 radical (unpaired) electrons. The van der Waals surface area contributed by atoms with E-state index in [0.29, 0.717) is 6.42 Å². The van der Waals surface area contributed by atoms with E-state index in [1.807, 2.05) is 13.8 Å². The van der Waals surface area contributed by atoms with Gasteiger partial charge in [0.05, 0.1) is 18.8 Å². The molecule has 0 bridgehead atoms. The van der Waals surface area contributed by atoms with Crippen LogP contribution in [0.1, 0.15) is 53.9 Å². The summed E-state index contributed by atoms with van der Waals surface area (Å²) in [5, 5.41) is 13.3. The molecule has 3 atom stereocenters. The number of ether oxygens (including phenoxy) is 3. The summed E-state index contributed by atoms with van der Waals surface area (Å²) in [5.41, 5.74) is -1.53. The van der Waals surface area contributed by atoms with Gasteiger partial charge in [-0.25, -0.2) is 4.79 Å². The van der Waals surface area contributed by atoms with E-state index in [1.54, 1.807) is 20.8 Å². The Balaban J connectivity index is 2.16. The Labute approximate surface area is 126 Å². The maximum absolute atomic E-state index is 12.1. The number of aliphatic hydroxyl groups excluding tert-OH is 1. The summed E-state index contributed by atoms with van der Waals surface area (Å²) >= 11 is 0. The molecule has 1 saturated carbocycles. The highest BCUT2D eigenvalue weighted by atomic mass is 16.7. The summed E-state index contributed by atoms with van der Waals surface area (Å²) in [5.74, 6) is -0.708. The molecule has 1 aliphatic heterocycles. The summed E-state index contributed by atoms with van der Waals surface area (Å²) in [7, 11) is 0. The van der Waals surface area contributed by atoms with Crippen LogP contribution in [-0.4, -0.2) is 46.9 Å². The second-order valence-electron chi connectivity index (χ2n) is 7.41. The quantitative estimate of drug-likeness (QED) is 0.774. The lowest BCUT2D eigenvalue weighted by atomic mass is 9.76. The van der Waals surface area contributed by atoms with Crippen LogP contribution in [0.2, 0.25) is 0 Å². The molecule has 1 heterocycles. The second-order valence-corrected chi connectivity index (χ2v) is 7.41. The van der Waals surface area contributed by atoms with Crippen molar-refractivity contribution in [2.45, 2.75) is 83.0 Å². The molecule has 1 amide bonds. The number of amides is 1. The van der Waals surface area contributed by atoms with Crippen molar-refractivity contribution in [2.75, 3.05) is 6.61 Å². The van der Waals surface area contributed by atoms with E-state index >= 15 is 0 Å². The van der Waals surface area contributed by atoms with E-state index in [9.17, 15) is 9.90 Å². The maximum Gasteiger partial charge on any atom is 0.408 e. The topological polar surface area (TPSA) is 77.0 Å². The highest BCUT2D eigenvalue weighted by molar-refractivity contribution is 5.69. The van der Waals surface area contributed by atoms with Crippen molar-refractivity contribution in [1.29, 1.82) is 0 Å². The fraction of sp³-hybridized carbons (Fsp3) is 0.933. The minimum atomic E-state index is -0.934. The Kier molecular flexibility index (Phi) is 4.26. The molecule has 0 spiro atoms. The molecule has 1 aliphatic carbocycles. The molecule has 0 aromatic heterocycles. The number of fused-ring (bicyclic) bond motifs is 1. The summed E-state index contributed by atoms with van der Waals surface area (Å²) in [6.45, 7) is 9.30. The molecule has 2 N–H and O–H groups in total. The zero-order valence-electron chi connectivity index (χ0n) is 13.6. The van der Waals surface area contributed by atoms with Crippen LogP contribution in [0.4, 0.5) is 4.79 Å². The summed E-state index contributed by atoms with van der Waals surface area (Å²) < 4.78 is 16.9. The van der Waals surface area contributed by atoms with Crippen molar-refractivity contribution >= 4 is 6.09 Å². The van der Waals surface area contributed by atoms with Gasteiger partial charge in [-0.3, -0.25) is 0 Å². The molecule has 2 fully saturated rings. The van der Waals surface area contributed by atoms with Crippen LogP contribution in [0, 0.1) is 0 Å². The van der Waals surface area contributed by atoms with Gasteiger partial charge < -0.3 is 24.6 Å². The van der Waals surface area contributed by atoms with Gasteiger partial charge in [0.25, 0.3) is 0 Å². The van der Waals surface area contributed by atoms with Crippen molar-refractivity contribution in [3.8, 4) is 0 Å². The summed E-state index contributed by atoms with van der Waals surface area (Å²) in [6, 6.07) is 0. The van der Waals surface area contributed by atoms with Crippen molar-refractivity contribution in [3.63, 3.8) is 0 Å². The van der Waals surface area contributed by atoms with Crippen LogP contribution >= 0.6 is 0 Å². The zero-order chi connectivity index (χ0) is 15.9. The Morgan fingerprint density at radius 1 is 1.33 bits per heavy atom. The second kappa shape index (κ2) is 5.41. The fourth-order valence-electron chi connectivity index (χ4n) is 2.94. The maximum atomic E-state index is 12.1. The molecule has 6 nitrogen and oxygen atoms in total. The smallest absolute Gasteiger partial charge is 0.408 e. The largest absolute Gasteiger partial charge is 0.444 e. The van der Waals surface area contributed by atoms with Crippen LogP contribution in [-0.2, 0) is 14.2 Å². The first-order chi connectivity index (χ1) is 9.54. The fourth-order valence-corrected chi connectivity index (χ4v) is 2.94. The van der Waals surface area contributed by atoms with Gasteiger partial charge in [-0.05, 0) is 53.9 Å². The third kappa shape index (κ3) is 3.67. The van der Waals surface area contributed by atoms with Crippen molar-refractivity contribution in [1.82, 2.24) is 5.32 Å². The number of alkyl carbamates (subject to hydrolysis) is 1. The first-order valence-electron chi connectivity index (χ1n) is 7.55. The molecule has 0 aromatic rings. The van der Waals surface area contributed by atoms with Gasteiger partial charge in [-0.1, -0.05) is 0 Å². The molecular weight excluding hydrogens is 274 g/mol. The Bertz CT molecular complexity index is 403. The van der Waals surface area contributed by atoms with Crippen LogP contribution < -0.4 is 5.32 Å². The lowest BCUT2D eigenvalue weighted by Gasteiger charge is -2.53. The van der Waals surface area contributed by atoms with Crippen LogP contribution in [0.25, 0.3) is 0 Å². The van der Waals surface area contributed by atoms with Gasteiger partial charge >= 0.3 is 6.09 Å². The predicted molar refractivity (Wildman–Crippen MR) is 76.9 cm³/mol. The third-order valence-corrected chi connectivity index (χ3v) is 3.93. The minimum Gasteiger partial charge on any atom is -0.444 e. The lowest BCUT2D eigenvalue weighted by molar-refractivity contribution is -0.319. The van der Waals surface area contributed by atoms with E-state index in [-0.39, 0.29) is 12.7 Å². The van der Waals surface area contributed by atoms with E-state index in [2.05, 4.69) is 5.32 Å². The highest BCUT2D eigenvalue weighted by Crippen LogP contribution is 2.39. The van der Waals surface area contributed by atoms with Gasteiger partial charge in [0.2, 0.25) is 0 Å². The molecule has 2 aliphatic rings. The minimum absolute atomic E-state index is 0.213. The average molecular weight is 301 g/mol. The Morgan fingerprint density at radius 3 is 2.62 bits per heavy atom. The first-order valence-corrected chi connectivity index (χ1v) is 7.55. The number of carbonyl (C=O) groups excluding carboxylic acids is 1. The van der Waals surface area contributed by atoms with E-state index in [0.717, 1.165) is 12.8 Å². The number of carbonyl (C=O) groups is 1. The van der Waals surface area contributed by atoms with Gasteiger partial charge in [0, 0.05) is 0 Å². The Morgan fingerprint density at radius 2 is 2.00 bits per heavy atom. The molecule has 1 saturated heterocycles. The number of aliphatic hydroxyl groups is 1. The lowest BCUT2D eigenvalue weighted by Crippen LogP contribution is -2.73. The SMILES string of the molecule is CC(C)(C)OC(=O)N[C@@]12COC(C)(C)OC1CCCC2O. The third-order valence-electron chi connectivity index (χ3n) is 3.93. The number of hydrogen-bond donors (Lipinski definition) is 2. The normalized spacial score (nSPS) is 35.7. The van der Waals surface area contributed by atoms with Crippen LogP contribution in [0.15, 0.2) is 0 Å².